The van der Waals surface area contributed by atoms with Crippen LogP contribution >= 0.6 is 0 Å². The van der Waals surface area contributed by atoms with Crippen molar-refractivity contribution in [2.45, 2.75) is 45.1 Å². The van der Waals surface area contributed by atoms with Crippen molar-refractivity contribution >= 4 is 16.9 Å². The van der Waals surface area contributed by atoms with Gasteiger partial charge in [-0.2, -0.15) is 0 Å². The fourth-order valence-corrected chi connectivity index (χ4v) is 9.09. The van der Waals surface area contributed by atoms with Crippen LogP contribution in [0.5, 0.6) is 0 Å². The predicted molar refractivity (Wildman–Crippen MR) is 215 cm³/mol. The summed E-state index contributed by atoms with van der Waals surface area (Å²) in [7, 11) is 0. The highest BCUT2D eigenvalue weighted by Crippen LogP contribution is 2.63. The zero-order valence-corrected chi connectivity index (χ0v) is 29.6. The monoisotopic (exact) mass is 655 g/mol. The van der Waals surface area contributed by atoms with Gasteiger partial charge in [-0.3, -0.25) is 4.99 Å². The number of aliphatic imine (C=N–C) groups is 1. The van der Waals surface area contributed by atoms with Crippen molar-refractivity contribution in [3.63, 3.8) is 0 Å². The van der Waals surface area contributed by atoms with E-state index in [1.54, 1.807) is 0 Å². The molecule has 0 aromatic heterocycles. The Morgan fingerprint density at radius 1 is 0.647 bits per heavy atom. The second-order valence-electron chi connectivity index (χ2n) is 14.3. The van der Waals surface area contributed by atoms with Crippen LogP contribution in [-0.4, -0.2) is 5.71 Å². The molecule has 0 saturated heterocycles. The fourth-order valence-electron chi connectivity index (χ4n) is 9.09. The van der Waals surface area contributed by atoms with Crippen LogP contribution in [0.1, 0.15) is 82.8 Å². The van der Waals surface area contributed by atoms with E-state index in [1.807, 2.05) is 0 Å². The minimum atomic E-state index is -0.334. The molecule has 0 radical (unpaired) electrons. The molecule has 0 bridgehead atoms. The Morgan fingerprint density at radius 2 is 1.22 bits per heavy atom. The molecular formula is C50H41N. The van der Waals surface area contributed by atoms with E-state index in [9.17, 15) is 0 Å². The molecule has 0 fully saturated rings. The Balaban J connectivity index is 1.14. The lowest BCUT2D eigenvalue weighted by Gasteiger charge is -2.31. The highest BCUT2D eigenvalue weighted by Gasteiger charge is 2.51. The molecule has 9 rings (SSSR count). The average molecular weight is 656 g/mol. The topological polar surface area (TPSA) is 12.4 Å². The molecule has 1 heteroatoms. The summed E-state index contributed by atoms with van der Waals surface area (Å²) in [6, 6.07) is 51.8. The lowest BCUT2D eigenvalue weighted by molar-refractivity contribution is 0.793. The van der Waals surface area contributed by atoms with Crippen molar-refractivity contribution in [2.75, 3.05) is 0 Å². The van der Waals surface area contributed by atoms with E-state index >= 15 is 0 Å². The van der Waals surface area contributed by atoms with Gasteiger partial charge in [-0.25, -0.2) is 0 Å². The number of benzene rings is 6. The molecule has 3 aliphatic carbocycles. The van der Waals surface area contributed by atoms with Crippen molar-refractivity contribution in [1.82, 2.24) is 0 Å². The molecule has 0 aliphatic heterocycles. The largest absolute Gasteiger partial charge is 0.282 e. The summed E-state index contributed by atoms with van der Waals surface area (Å²) >= 11 is 0. The quantitative estimate of drug-likeness (QED) is 0.158. The molecule has 0 N–H and O–H groups in total. The van der Waals surface area contributed by atoms with Crippen LogP contribution in [-0.2, 0) is 5.41 Å². The van der Waals surface area contributed by atoms with Gasteiger partial charge in [-0.05, 0) is 135 Å². The first-order chi connectivity index (χ1) is 25.0. The van der Waals surface area contributed by atoms with E-state index in [1.165, 1.54) is 89.0 Å². The van der Waals surface area contributed by atoms with Gasteiger partial charge in [0.05, 0.1) is 11.5 Å². The molecule has 51 heavy (non-hydrogen) atoms. The smallest absolute Gasteiger partial charge is 0.0725 e. The zero-order chi connectivity index (χ0) is 34.7. The molecule has 1 unspecified atom stereocenters. The van der Waals surface area contributed by atoms with Crippen molar-refractivity contribution in [3.05, 3.63) is 214 Å². The molecule has 1 atom stereocenters. The van der Waals surface area contributed by atoms with Gasteiger partial charge in [-0.15, -0.1) is 0 Å². The van der Waals surface area contributed by atoms with Crippen LogP contribution in [0.4, 0.5) is 0 Å². The minimum absolute atomic E-state index is 0.107. The van der Waals surface area contributed by atoms with Gasteiger partial charge in [-0.1, -0.05) is 146 Å². The molecule has 0 heterocycles. The maximum Gasteiger partial charge on any atom is 0.0725 e. The van der Waals surface area contributed by atoms with Crippen LogP contribution in [0.3, 0.4) is 0 Å². The van der Waals surface area contributed by atoms with Crippen LogP contribution in [0, 0.1) is 6.92 Å². The molecule has 0 amide bonds. The highest BCUT2D eigenvalue weighted by molar-refractivity contribution is 6.00. The molecular weight excluding hydrogens is 615 g/mol. The van der Waals surface area contributed by atoms with Crippen molar-refractivity contribution < 1.29 is 0 Å². The third-order valence-electron chi connectivity index (χ3n) is 11.5. The summed E-state index contributed by atoms with van der Waals surface area (Å²) in [5.41, 5.74) is 21.8. The standard InChI is InChI=1S/C50H41N/c1-5-35-23-24-38(30-45(35)40-27-25-37(29-32(40)2)34(4)51-33(3)36-15-7-6-8-16-36)39-26-28-44-43-19-11-14-22-48(43)50(49(44)31-39)46-20-12-9-17-41(46)42-18-10-13-21-47(42)50/h5-22,25-31,33H,1,23-24H2,2-4H3. The predicted octanol–water partition coefficient (Wildman–Crippen LogP) is 12.7. The minimum Gasteiger partial charge on any atom is -0.282 e. The van der Waals surface area contributed by atoms with E-state index in [-0.39, 0.29) is 11.5 Å². The molecule has 246 valence electrons. The first-order valence-electron chi connectivity index (χ1n) is 18.2. The summed E-state index contributed by atoms with van der Waals surface area (Å²) in [4.78, 5) is 5.06. The van der Waals surface area contributed by atoms with Crippen LogP contribution in [0.15, 0.2) is 169 Å². The normalized spacial score (nSPS) is 15.9. The summed E-state index contributed by atoms with van der Waals surface area (Å²) in [5.74, 6) is 0. The fraction of sp³-hybridized carbons (Fsp3) is 0.140. The van der Waals surface area contributed by atoms with E-state index in [4.69, 9.17) is 4.99 Å². The summed E-state index contributed by atoms with van der Waals surface area (Å²) in [5, 5.41) is 0. The number of allylic oxidation sites excluding steroid dienone is 5. The third kappa shape index (κ3) is 4.79. The Labute approximate surface area is 302 Å². The Morgan fingerprint density at radius 3 is 1.82 bits per heavy atom. The average Bonchev–Trinajstić information content (AvgIpc) is 3.65. The van der Waals surface area contributed by atoms with Gasteiger partial charge < -0.3 is 0 Å². The van der Waals surface area contributed by atoms with Crippen molar-refractivity contribution in [1.29, 1.82) is 0 Å². The third-order valence-corrected chi connectivity index (χ3v) is 11.5. The molecule has 0 saturated carbocycles. The SMILES string of the molecule is C=CC1=C(c2ccc(C(C)=NC(C)c3ccccc3)cc2C)C=C(c2ccc3c(c2)C2(c4ccccc4-c4ccccc42)c2ccccc2-3)CC1. The number of nitrogens with zero attached hydrogens (tertiary/aromatic N) is 1. The molecule has 6 aromatic carbocycles. The lowest BCUT2D eigenvalue weighted by Crippen LogP contribution is -2.26. The van der Waals surface area contributed by atoms with Crippen LogP contribution < -0.4 is 0 Å². The zero-order valence-electron chi connectivity index (χ0n) is 29.6. The second kappa shape index (κ2) is 12.2. The summed E-state index contributed by atoms with van der Waals surface area (Å²) in [6.45, 7) is 10.8. The van der Waals surface area contributed by atoms with Crippen molar-refractivity contribution in [3.8, 4) is 22.3 Å². The molecule has 1 nitrogen and oxygen atoms in total. The Hall–Kier alpha value is -5.79. The summed E-state index contributed by atoms with van der Waals surface area (Å²) < 4.78 is 0. The van der Waals surface area contributed by atoms with E-state index in [0.717, 1.165) is 18.6 Å². The van der Waals surface area contributed by atoms with Gasteiger partial charge in [0, 0.05) is 5.71 Å². The van der Waals surface area contributed by atoms with Crippen molar-refractivity contribution in [2.24, 2.45) is 4.99 Å². The maximum atomic E-state index is 5.06. The van der Waals surface area contributed by atoms with E-state index in [2.05, 4.69) is 179 Å². The van der Waals surface area contributed by atoms with E-state index < -0.39 is 0 Å². The number of hydrogen-bond donors (Lipinski definition) is 0. The van der Waals surface area contributed by atoms with E-state index in [0.29, 0.717) is 0 Å². The molecule has 1 spiro atoms. The van der Waals surface area contributed by atoms with Crippen LogP contribution in [0.2, 0.25) is 0 Å². The number of fused-ring (bicyclic) bond motifs is 10. The highest BCUT2D eigenvalue weighted by atomic mass is 14.8. The van der Waals surface area contributed by atoms with Gasteiger partial charge in [0.1, 0.15) is 0 Å². The first kappa shape index (κ1) is 31.2. The molecule has 3 aliphatic rings. The van der Waals surface area contributed by atoms with Gasteiger partial charge in [0.25, 0.3) is 0 Å². The number of rotatable bonds is 6. The number of aryl methyl sites for hydroxylation is 1. The number of hydrogen-bond acceptors (Lipinski definition) is 1. The van der Waals surface area contributed by atoms with Gasteiger partial charge in [0.15, 0.2) is 0 Å². The van der Waals surface area contributed by atoms with Gasteiger partial charge >= 0.3 is 0 Å². The Kier molecular flexibility index (Phi) is 7.47. The van der Waals surface area contributed by atoms with Gasteiger partial charge in [0.2, 0.25) is 0 Å². The summed E-state index contributed by atoms with van der Waals surface area (Å²) in [6.07, 6.45) is 6.45. The Bertz CT molecular complexity index is 2410. The lowest BCUT2D eigenvalue weighted by atomic mass is 9.70. The second-order valence-corrected chi connectivity index (χ2v) is 14.3. The first-order valence-corrected chi connectivity index (χ1v) is 18.2. The molecule has 6 aromatic rings. The van der Waals surface area contributed by atoms with Crippen LogP contribution in [0.25, 0.3) is 33.4 Å². The maximum absolute atomic E-state index is 5.06.